The van der Waals surface area contributed by atoms with E-state index in [-0.39, 0.29) is 24.8 Å². The Morgan fingerprint density at radius 2 is 1.38 bits per heavy atom. The predicted octanol–water partition coefficient (Wildman–Crippen LogP) is 2.79. The van der Waals surface area contributed by atoms with Gasteiger partial charge in [-0.1, -0.05) is 25.7 Å². The van der Waals surface area contributed by atoms with Gasteiger partial charge in [-0.05, 0) is 12.8 Å². The smallest absolute Gasteiger partial charge is 0.305 e. The van der Waals surface area contributed by atoms with Gasteiger partial charge >= 0.3 is 11.9 Å². The third-order valence-corrected chi connectivity index (χ3v) is 2.25. The number of carboxylic acid groups (broad SMARTS) is 1. The summed E-state index contributed by atoms with van der Waals surface area (Å²) in [4.78, 5) is 20.9. The lowest BCUT2D eigenvalue weighted by Gasteiger charge is -2.00. The lowest BCUT2D eigenvalue weighted by molar-refractivity contribution is -0.141. The van der Waals surface area contributed by atoms with E-state index >= 15 is 0 Å². The van der Waals surface area contributed by atoms with Crippen molar-refractivity contribution in [3.05, 3.63) is 0 Å². The van der Waals surface area contributed by atoms with Crippen molar-refractivity contribution < 1.29 is 19.4 Å². The zero-order chi connectivity index (χ0) is 11.5. The number of halogens is 1. The van der Waals surface area contributed by atoms with E-state index in [1.54, 1.807) is 0 Å². The Morgan fingerprint density at radius 3 is 1.81 bits per heavy atom. The Bertz CT molecular complexity index is 194. The number of rotatable bonds is 9. The molecule has 0 spiro atoms. The fourth-order valence-electron chi connectivity index (χ4n) is 1.35. The maximum Gasteiger partial charge on any atom is 0.305 e. The van der Waals surface area contributed by atoms with Gasteiger partial charge in [0.2, 0.25) is 0 Å². The maximum absolute atomic E-state index is 10.7. The fraction of sp³-hybridized carbons (Fsp3) is 0.818. The molecular weight excluding hydrogens is 232 g/mol. The highest BCUT2D eigenvalue weighted by Crippen LogP contribution is 2.08. The minimum absolute atomic E-state index is 0. The van der Waals surface area contributed by atoms with Crippen LogP contribution in [0.2, 0.25) is 0 Å². The molecule has 0 heterocycles. The number of carbonyl (C=O) groups excluding carboxylic acids is 1. The van der Waals surface area contributed by atoms with Crippen LogP contribution in [0.4, 0.5) is 0 Å². The van der Waals surface area contributed by atoms with Crippen LogP contribution in [0.3, 0.4) is 0 Å². The van der Waals surface area contributed by atoms with E-state index < -0.39 is 5.97 Å². The number of carboxylic acids is 1. The molecule has 0 radical (unpaired) electrons. The number of ether oxygens (including phenoxy) is 1. The van der Waals surface area contributed by atoms with Gasteiger partial charge in [-0.25, -0.2) is 0 Å². The van der Waals surface area contributed by atoms with Crippen molar-refractivity contribution in [2.75, 3.05) is 7.11 Å². The molecule has 0 saturated heterocycles. The van der Waals surface area contributed by atoms with Gasteiger partial charge in [0.25, 0.3) is 0 Å². The van der Waals surface area contributed by atoms with Crippen LogP contribution in [0.25, 0.3) is 0 Å². The summed E-state index contributed by atoms with van der Waals surface area (Å²) in [7, 11) is 1.40. The molecule has 1 N–H and O–H groups in total. The number of aliphatic carboxylic acids is 1. The Kier molecular flexibility index (Phi) is 13.5. The molecule has 96 valence electrons. The van der Waals surface area contributed by atoms with Crippen molar-refractivity contribution in [2.45, 2.75) is 51.4 Å². The highest BCUT2D eigenvalue weighted by atomic mass is 35.5. The quantitative estimate of drug-likeness (QED) is 0.506. The maximum atomic E-state index is 10.7. The molecule has 0 atom stereocenters. The first kappa shape index (κ1) is 17.6. The van der Waals surface area contributed by atoms with Crippen molar-refractivity contribution in [3.63, 3.8) is 0 Å². The average Bonchev–Trinajstić information content (AvgIpc) is 2.21. The minimum Gasteiger partial charge on any atom is -0.481 e. The summed E-state index contributed by atoms with van der Waals surface area (Å²) in [6, 6.07) is 0. The van der Waals surface area contributed by atoms with E-state index in [1.807, 2.05) is 0 Å². The molecule has 0 aliphatic carbocycles. The summed E-state index contributed by atoms with van der Waals surface area (Å²) in [5.74, 6) is -0.874. The summed E-state index contributed by atoms with van der Waals surface area (Å²) in [5.41, 5.74) is 0. The molecule has 0 rings (SSSR count). The highest BCUT2D eigenvalue weighted by Gasteiger charge is 1.99. The lowest BCUT2D eigenvalue weighted by Crippen LogP contribution is -1.99. The van der Waals surface area contributed by atoms with Gasteiger partial charge < -0.3 is 9.84 Å². The summed E-state index contributed by atoms with van der Waals surface area (Å²) in [6.45, 7) is 0. The minimum atomic E-state index is -0.722. The third kappa shape index (κ3) is 13.2. The standard InChI is InChI=1S/C11H20O4.ClH/c1-15-11(14)9-7-5-3-2-4-6-8-10(12)13;/h2-9H2,1H3,(H,12,13);1H. The average molecular weight is 253 g/mol. The number of esters is 1. The lowest BCUT2D eigenvalue weighted by atomic mass is 10.1. The van der Waals surface area contributed by atoms with Crippen molar-refractivity contribution >= 4 is 24.3 Å². The van der Waals surface area contributed by atoms with E-state index in [0.29, 0.717) is 6.42 Å². The number of methoxy groups -OCH3 is 1. The number of hydrogen-bond acceptors (Lipinski definition) is 3. The Hall–Kier alpha value is -0.770. The first-order chi connectivity index (χ1) is 7.16. The molecule has 0 aromatic carbocycles. The third-order valence-electron chi connectivity index (χ3n) is 2.25. The van der Waals surface area contributed by atoms with Crippen LogP contribution < -0.4 is 0 Å². The number of unbranched alkanes of at least 4 members (excludes halogenated alkanes) is 5. The first-order valence-electron chi connectivity index (χ1n) is 5.45. The molecule has 0 aromatic heterocycles. The topological polar surface area (TPSA) is 63.6 Å². The highest BCUT2D eigenvalue weighted by molar-refractivity contribution is 5.85. The zero-order valence-electron chi connectivity index (χ0n) is 9.74. The number of hydrogen-bond donors (Lipinski definition) is 1. The first-order valence-corrected chi connectivity index (χ1v) is 5.45. The Balaban J connectivity index is 0. The molecule has 0 amide bonds. The zero-order valence-corrected chi connectivity index (χ0v) is 10.6. The molecule has 0 unspecified atom stereocenters. The van der Waals surface area contributed by atoms with Crippen LogP contribution >= 0.6 is 12.4 Å². The van der Waals surface area contributed by atoms with Gasteiger partial charge in [-0.15, -0.1) is 12.4 Å². The SMILES string of the molecule is COC(=O)CCCCCCCCC(=O)O.Cl. The van der Waals surface area contributed by atoms with Gasteiger partial charge in [-0.3, -0.25) is 9.59 Å². The Morgan fingerprint density at radius 1 is 0.938 bits per heavy atom. The largest absolute Gasteiger partial charge is 0.481 e. The summed E-state index contributed by atoms with van der Waals surface area (Å²) < 4.78 is 4.52. The van der Waals surface area contributed by atoms with Crippen LogP contribution in [0, 0.1) is 0 Å². The molecule has 5 heteroatoms. The van der Waals surface area contributed by atoms with Crippen LogP contribution in [-0.4, -0.2) is 24.2 Å². The molecule has 16 heavy (non-hydrogen) atoms. The summed E-state index contributed by atoms with van der Waals surface area (Å²) in [5, 5.41) is 8.39. The van der Waals surface area contributed by atoms with Crippen molar-refractivity contribution in [1.29, 1.82) is 0 Å². The Labute approximate surface area is 103 Å². The van der Waals surface area contributed by atoms with Crippen molar-refractivity contribution in [3.8, 4) is 0 Å². The summed E-state index contributed by atoms with van der Waals surface area (Å²) >= 11 is 0. The predicted molar refractivity (Wildman–Crippen MR) is 63.8 cm³/mol. The molecule has 0 aliphatic rings. The van der Waals surface area contributed by atoms with E-state index in [0.717, 1.165) is 38.5 Å². The summed E-state index contributed by atoms with van der Waals surface area (Å²) in [6.07, 6.45) is 6.48. The van der Waals surface area contributed by atoms with Gasteiger partial charge in [0, 0.05) is 12.8 Å². The van der Waals surface area contributed by atoms with E-state index in [9.17, 15) is 9.59 Å². The van der Waals surface area contributed by atoms with Gasteiger partial charge in [0.15, 0.2) is 0 Å². The molecule has 0 fully saturated rings. The number of carbonyl (C=O) groups is 2. The van der Waals surface area contributed by atoms with Crippen LogP contribution in [0.15, 0.2) is 0 Å². The van der Waals surface area contributed by atoms with Crippen LogP contribution in [-0.2, 0) is 14.3 Å². The molecule has 0 aliphatic heterocycles. The molecule has 0 bridgehead atoms. The van der Waals surface area contributed by atoms with Crippen molar-refractivity contribution in [1.82, 2.24) is 0 Å². The molecule has 0 saturated carbocycles. The monoisotopic (exact) mass is 252 g/mol. The van der Waals surface area contributed by atoms with Crippen molar-refractivity contribution in [2.24, 2.45) is 0 Å². The molecule has 0 aromatic rings. The second-order valence-electron chi connectivity index (χ2n) is 3.59. The normalized spacial score (nSPS) is 9.31. The van der Waals surface area contributed by atoms with E-state index in [2.05, 4.69) is 4.74 Å². The second kappa shape index (κ2) is 12.3. The second-order valence-corrected chi connectivity index (χ2v) is 3.59. The van der Waals surface area contributed by atoms with Gasteiger partial charge in [0.05, 0.1) is 7.11 Å². The van der Waals surface area contributed by atoms with E-state index in [4.69, 9.17) is 5.11 Å². The molecule has 4 nitrogen and oxygen atoms in total. The van der Waals surface area contributed by atoms with Gasteiger partial charge in [-0.2, -0.15) is 0 Å². The fourth-order valence-corrected chi connectivity index (χ4v) is 1.35. The van der Waals surface area contributed by atoms with Crippen LogP contribution in [0.5, 0.6) is 0 Å². The van der Waals surface area contributed by atoms with Crippen LogP contribution in [0.1, 0.15) is 51.4 Å². The van der Waals surface area contributed by atoms with Gasteiger partial charge in [0.1, 0.15) is 0 Å². The molecular formula is C11H21ClO4. The van der Waals surface area contributed by atoms with E-state index in [1.165, 1.54) is 7.11 Å².